The molecule has 0 aliphatic heterocycles. The van der Waals surface area contributed by atoms with Crippen molar-refractivity contribution in [2.45, 2.75) is 26.5 Å². The van der Waals surface area contributed by atoms with Gasteiger partial charge >= 0.3 is 0 Å². The van der Waals surface area contributed by atoms with E-state index >= 15 is 0 Å². The zero-order valence-electron chi connectivity index (χ0n) is 11.1. The van der Waals surface area contributed by atoms with Gasteiger partial charge in [-0.2, -0.15) is 4.57 Å². The summed E-state index contributed by atoms with van der Waals surface area (Å²) >= 11 is 0. The molecule has 0 bridgehead atoms. The lowest BCUT2D eigenvalue weighted by Gasteiger charge is -2.06. The fraction of sp³-hybridized carbons (Fsp3) is 0.267. The summed E-state index contributed by atoms with van der Waals surface area (Å²) in [6.45, 7) is 4.16. The molecule has 2 rings (SSSR count). The third-order valence-corrected chi connectivity index (χ3v) is 2.51. The lowest BCUT2D eigenvalue weighted by molar-refractivity contribution is -0.684. The number of Topliss-reactive ketones (excluding diaryl/α,β-unsaturated/α-hetero) is 1. The normalized spacial score (nSPS) is 10.5. The van der Waals surface area contributed by atoms with Gasteiger partial charge < -0.3 is 4.74 Å². The topological polar surface area (TPSA) is 43.1 Å². The molecule has 98 valence electrons. The highest BCUT2D eigenvalue weighted by atomic mass is 16.5. The quantitative estimate of drug-likeness (QED) is 0.608. The molecule has 2 aromatic rings. The van der Waals surface area contributed by atoms with Crippen molar-refractivity contribution in [2.24, 2.45) is 0 Å². The smallest absolute Gasteiger partial charge is 0.280 e. The van der Waals surface area contributed by atoms with Crippen LogP contribution in [0, 0.1) is 0 Å². The highest BCUT2D eigenvalue weighted by Crippen LogP contribution is 2.04. The summed E-state index contributed by atoms with van der Waals surface area (Å²) < 4.78 is 7.28. The second-order valence-corrected chi connectivity index (χ2v) is 4.52. The molecule has 0 fully saturated rings. The van der Waals surface area contributed by atoms with Crippen LogP contribution in [0.3, 0.4) is 0 Å². The van der Waals surface area contributed by atoms with E-state index in [1.807, 2.05) is 44.2 Å². The van der Waals surface area contributed by atoms with Crippen LogP contribution in [0.5, 0.6) is 5.88 Å². The number of hydrogen-bond acceptors (Lipinski definition) is 3. The number of ketones is 1. The number of benzene rings is 1. The van der Waals surface area contributed by atoms with E-state index in [2.05, 4.69) is 4.98 Å². The van der Waals surface area contributed by atoms with Crippen molar-refractivity contribution in [3.8, 4) is 5.88 Å². The molecule has 1 heterocycles. The molecular formula is C15H17N2O2+. The molecule has 0 saturated heterocycles. The molecule has 0 radical (unpaired) electrons. The number of ether oxygens (including phenoxy) is 1. The minimum atomic E-state index is 0.0623. The summed E-state index contributed by atoms with van der Waals surface area (Å²) in [4.78, 5) is 16.2. The van der Waals surface area contributed by atoms with Crippen LogP contribution in [0.25, 0.3) is 0 Å². The Morgan fingerprint density at radius 1 is 1.32 bits per heavy atom. The highest BCUT2D eigenvalue weighted by Gasteiger charge is 2.13. The van der Waals surface area contributed by atoms with Gasteiger partial charge in [-0.05, 0) is 13.8 Å². The zero-order valence-corrected chi connectivity index (χ0v) is 11.1. The first-order chi connectivity index (χ1) is 9.15. The number of carbonyl (C=O) groups excluding carboxylic acids is 1. The summed E-state index contributed by atoms with van der Waals surface area (Å²) in [5, 5.41) is 0. The molecule has 0 aliphatic rings. The largest absolute Gasteiger partial charge is 0.471 e. The number of hydrogen-bond donors (Lipinski definition) is 0. The molecule has 4 nitrogen and oxygen atoms in total. The van der Waals surface area contributed by atoms with E-state index in [0.717, 1.165) is 0 Å². The Bertz CT molecular complexity index is 553. The molecule has 19 heavy (non-hydrogen) atoms. The Labute approximate surface area is 112 Å². The number of nitrogens with zero attached hydrogens (tertiary/aromatic N) is 2. The maximum atomic E-state index is 12.1. The maximum absolute atomic E-state index is 12.1. The first-order valence-corrected chi connectivity index (χ1v) is 6.25. The predicted molar refractivity (Wildman–Crippen MR) is 71.0 cm³/mol. The fourth-order valence-corrected chi connectivity index (χ4v) is 1.69. The first-order valence-electron chi connectivity index (χ1n) is 6.25. The lowest BCUT2D eigenvalue weighted by Crippen LogP contribution is -2.37. The molecule has 0 spiro atoms. The van der Waals surface area contributed by atoms with Crippen LogP contribution in [0.4, 0.5) is 0 Å². The molecule has 4 heteroatoms. The molecule has 0 N–H and O–H groups in total. The Hall–Kier alpha value is -2.23. The number of carbonyl (C=O) groups is 1. The van der Waals surface area contributed by atoms with E-state index in [1.165, 1.54) is 0 Å². The van der Waals surface area contributed by atoms with Crippen molar-refractivity contribution < 1.29 is 14.1 Å². The summed E-state index contributed by atoms with van der Waals surface area (Å²) in [5.74, 6) is 0.589. The summed E-state index contributed by atoms with van der Waals surface area (Å²) in [6, 6.07) is 9.24. The maximum Gasteiger partial charge on any atom is 0.280 e. The highest BCUT2D eigenvalue weighted by molar-refractivity contribution is 5.94. The molecule has 0 aliphatic carbocycles. The second kappa shape index (κ2) is 6.09. The van der Waals surface area contributed by atoms with E-state index in [1.54, 1.807) is 23.2 Å². The van der Waals surface area contributed by atoms with Gasteiger partial charge in [-0.3, -0.25) is 4.79 Å². The van der Waals surface area contributed by atoms with Crippen LogP contribution in [-0.4, -0.2) is 16.9 Å². The molecule has 1 aromatic carbocycles. The van der Waals surface area contributed by atoms with Crippen molar-refractivity contribution >= 4 is 5.78 Å². The van der Waals surface area contributed by atoms with Gasteiger partial charge in [0.1, 0.15) is 0 Å². The van der Waals surface area contributed by atoms with Crippen molar-refractivity contribution in [1.82, 2.24) is 4.98 Å². The third kappa shape index (κ3) is 3.88. The van der Waals surface area contributed by atoms with Gasteiger partial charge in [0.05, 0.1) is 12.3 Å². The van der Waals surface area contributed by atoms with Crippen LogP contribution >= 0.6 is 0 Å². The zero-order chi connectivity index (χ0) is 13.7. The Morgan fingerprint density at radius 3 is 2.74 bits per heavy atom. The van der Waals surface area contributed by atoms with E-state index < -0.39 is 0 Å². The monoisotopic (exact) mass is 257 g/mol. The molecular weight excluding hydrogens is 240 g/mol. The molecule has 0 amide bonds. The first kappa shape index (κ1) is 13.2. The standard InChI is InChI=1S/C15H17N2O2/c1-12(2)19-15-11-17(9-8-16-15)10-14(18)13-6-4-3-5-7-13/h3-9,11-12H,10H2,1-2H3/q+1. The molecule has 0 atom stereocenters. The number of rotatable bonds is 5. The van der Waals surface area contributed by atoms with Crippen molar-refractivity contribution in [3.63, 3.8) is 0 Å². The van der Waals surface area contributed by atoms with Gasteiger partial charge in [-0.15, -0.1) is 0 Å². The van der Waals surface area contributed by atoms with Crippen LogP contribution in [-0.2, 0) is 6.54 Å². The SMILES string of the molecule is CC(C)Oc1c[n+](CC(=O)c2ccccc2)ccn1. The second-order valence-electron chi connectivity index (χ2n) is 4.52. The summed E-state index contributed by atoms with van der Waals surface area (Å²) in [7, 11) is 0. The van der Waals surface area contributed by atoms with Crippen molar-refractivity contribution in [3.05, 3.63) is 54.5 Å². The van der Waals surface area contributed by atoms with Crippen LogP contribution in [0.15, 0.2) is 48.9 Å². The van der Waals surface area contributed by atoms with Gasteiger partial charge in [-0.1, -0.05) is 30.3 Å². The van der Waals surface area contributed by atoms with Crippen LogP contribution in [0.1, 0.15) is 24.2 Å². The average Bonchev–Trinajstić information content (AvgIpc) is 2.39. The van der Waals surface area contributed by atoms with Gasteiger partial charge in [0.2, 0.25) is 18.5 Å². The molecule has 1 aromatic heterocycles. The predicted octanol–water partition coefficient (Wildman–Crippen LogP) is 2.04. The minimum absolute atomic E-state index is 0.0623. The summed E-state index contributed by atoms with van der Waals surface area (Å²) in [5.41, 5.74) is 0.707. The third-order valence-electron chi connectivity index (χ3n) is 2.51. The van der Waals surface area contributed by atoms with Crippen LogP contribution < -0.4 is 9.30 Å². The Morgan fingerprint density at radius 2 is 2.05 bits per heavy atom. The van der Waals surface area contributed by atoms with E-state index in [0.29, 0.717) is 11.4 Å². The van der Waals surface area contributed by atoms with Crippen LogP contribution in [0.2, 0.25) is 0 Å². The minimum Gasteiger partial charge on any atom is -0.471 e. The van der Waals surface area contributed by atoms with Crippen molar-refractivity contribution in [1.29, 1.82) is 0 Å². The van der Waals surface area contributed by atoms with Gasteiger partial charge in [0.15, 0.2) is 6.20 Å². The van der Waals surface area contributed by atoms with E-state index in [-0.39, 0.29) is 18.4 Å². The summed E-state index contributed by atoms with van der Waals surface area (Å²) in [6.07, 6.45) is 5.19. The lowest BCUT2D eigenvalue weighted by atomic mass is 10.1. The van der Waals surface area contributed by atoms with Crippen molar-refractivity contribution in [2.75, 3.05) is 0 Å². The fourth-order valence-electron chi connectivity index (χ4n) is 1.69. The van der Waals surface area contributed by atoms with Gasteiger partial charge in [-0.25, -0.2) is 4.98 Å². The van der Waals surface area contributed by atoms with E-state index in [9.17, 15) is 4.79 Å². The molecule has 0 saturated carbocycles. The Kier molecular flexibility index (Phi) is 4.23. The van der Waals surface area contributed by atoms with Gasteiger partial charge in [0.25, 0.3) is 5.88 Å². The average molecular weight is 257 g/mol. The Balaban J connectivity index is 2.09. The van der Waals surface area contributed by atoms with E-state index in [4.69, 9.17) is 4.74 Å². The van der Waals surface area contributed by atoms with Gasteiger partial charge in [0, 0.05) is 5.56 Å². The molecule has 0 unspecified atom stereocenters. The number of aromatic nitrogens is 2.